The lowest BCUT2D eigenvalue weighted by atomic mass is 10.1. The van der Waals surface area contributed by atoms with Crippen LogP contribution in [0.5, 0.6) is 0 Å². The van der Waals surface area contributed by atoms with E-state index in [1.54, 1.807) is 19.2 Å². The van der Waals surface area contributed by atoms with Crippen molar-refractivity contribution in [3.8, 4) is 0 Å². The van der Waals surface area contributed by atoms with Crippen LogP contribution in [0.3, 0.4) is 0 Å². The summed E-state index contributed by atoms with van der Waals surface area (Å²) in [5.41, 5.74) is 1.58. The van der Waals surface area contributed by atoms with Gasteiger partial charge < -0.3 is 15.4 Å². The highest BCUT2D eigenvalue weighted by Gasteiger charge is 2.29. The van der Waals surface area contributed by atoms with Crippen LogP contribution in [-0.2, 0) is 23.9 Å². The number of methoxy groups -OCH3 is 1. The molecule has 158 valence electrons. The topological polar surface area (TPSA) is 62.7 Å². The van der Waals surface area contributed by atoms with E-state index in [2.05, 4.69) is 20.4 Å². The number of alkyl halides is 3. The number of halogens is 4. The minimum absolute atomic E-state index is 0. The number of nitrogens with one attached hydrogen (secondary N) is 2. The molecule has 0 aliphatic carbocycles. The van der Waals surface area contributed by atoms with Crippen molar-refractivity contribution in [3.63, 3.8) is 0 Å². The smallest absolute Gasteiger partial charge is 0.416 e. The number of benzene rings is 2. The molecule has 0 fully saturated rings. The lowest BCUT2D eigenvalue weighted by molar-refractivity contribution is -0.137. The summed E-state index contributed by atoms with van der Waals surface area (Å²) in [7, 11) is 2.96. The van der Waals surface area contributed by atoms with E-state index in [-0.39, 0.29) is 29.9 Å². The van der Waals surface area contributed by atoms with Gasteiger partial charge in [-0.3, -0.25) is 4.99 Å². The number of guanidine groups is 1. The van der Waals surface area contributed by atoms with Crippen molar-refractivity contribution >= 4 is 35.9 Å². The third-order valence-electron chi connectivity index (χ3n) is 4.05. The maximum absolute atomic E-state index is 12.6. The van der Waals surface area contributed by atoms with Crippen molar-refractivity contribution in [2.75, 3.05) is 20.7 Å². The molecule has 0 radical (unpaired) electrons. The highest BCUT2D eigenvalue weighted by molar-refractivity contribution is 14.0. The zero-order valence-electron chi connectivity index (χ0n) is 16.0. The van der Waals surface area contributed by atoms with E-state index in [9.17, 15) is 18.0 Å². The molecule has 0 aromatic heterocycles. The molecular formula is C20H23F3IN3O2. The Morgan fingerprint density at radius 2 is 1.59 bits per heavy atom. The van der Waals surface area contributed by atoms with Crippen molar-refractivity contribution in [1.29, 1.82) is 0 Å². The van der Waals surface area contributed by atoms with Crippen LogP contribution in [0.1, 0.15) is 27.0 Å². The van der Waals surface area contributed by atoms with Crippen LogP contribution >= 0.6 is 24.0 Å². The first-order valence-electron chi connectivity index (χ1n) is 8.61. The van der Waals surface area contributed by atoms with Crippen molar-refractivity contribution < 1.29 is 22.7 Å². The second-order valence-corrected chi connectivity index (χ2v) is 5.99. The Hall–Kier alpha value is -2.30. The van der Waals surface area contributed by atoms with E-state index in [0.29, 0.717) is 36.6 Å². The Morgan fingerprint density at radius 3 is 2.10 bits per heavy atom. The van der Waals surface area contributed by atoms with Crippen LogP contribution in [0.25, 0.3) is 0 Å². The average molecular weight is 521 g/mol. The lowest BCUT2D eigenvalue weighted by Crippen LogP contribution is -2.37. The molecule has 0 atom stereocenters. The van der Waals surface area contributed by atoms with E-state index < -0.39 is 11.7 Å². The maximum atomic E-state index is 12.6. The van der Waals surface area contributed by atoms with Gasteiger partial charge in [0.05, 0.1) is 18.2 Å². The molecule has 2 N–H and O–H groups in total. The van der Waals surface area contributed by atoms with E-state index in [4.69, 9.17) is 0 Å². The fourth-order valence-corrected chi connectivity index (χ4v) is 2.47. The van der Waals surface area contributed by atoms with Gasteiger partial charge in [0.1, 0.15) is 0 Å². The predicted molar refractivity (Wildman–Crippen MR) is 117 cm³/mol. The van der Waals surface area contributed by atoms with Gasteiger partial charge in [0.2, 0.25) is 0 Å². The quantitative estimate of drug-likeness (QED) is 0.261. The third-order valence-corrected chi connectivity index (χ3v) is 4.05. The average Bonchev–Trinajstić information content (AvgIpc) is 2.70. The molecule has 0 saturated carbocycles. The number of nitrogens with zero attached hydrogens (tertiary/aromatic N) is 1. The number of hydrogen-bond acceptors (Lipinski definition) is 3. The number of carbonyl (C=O) groups excluding carboxylic acids is 1. The first-order valence-corrected chi connectivity index (χ1v) is 8.61. The van der Waals surface area contributed by atoms with Crippen LogP contribution in [0.4, 0.5) is 13.2 Å². The summed E-state index contributed by atoms with van der Waals surface area (Å²) in [4.78, 5) is 15.5. The zero-order valence-corrected chi connectivity index (χ0v) is 18.4. The van der Waals surface area contributed by atoms with E-state index in [1.165, 1.54) is 19.2 Å². The van der Waals surface area contributed by atoms with Crippen LogP contribution in [0, 0.1) is 0 Å². The highest BCUT2D eigenvalue weighted by atomic mass is 127. The second-order valence-electron chi connectivity index (χ2n) is 5.99. The third kappa shape index (κ3) is 7.92. The van der Waals surface area contributed by atoms with Crippen molar-refractivity contribution in [1.82, 2.24) is 10.6 Å². The summed E-state index contributed by atoms with van der Waals surface area (Å²) in [6.07, 6.45) is -3.62. The summed E-state index contributed by atoms with van der Waals surface area (Å²) in [6.45, 7) is 0.954. The Bertz CT molecular complexity index is 807. The van der Waals surface area contributed by atoms with Crippen molar-refractivity contribution in [3.05, 3.63) is 70.8 Å². The monoisotopic (exact) mass is 521 g/mol. The fraction of sp³-hybridized carbons (Fsp3) is 0.300. The first-order chi connectivity index (χ1) is 13.3. The van der Waals surface area contributed by atoms with Gasteiger partial charge in [0.25, 0.3) is 0 Å². The Morgan fingerprint density at radius 1 is 1.00 bits per heavy atom. The Labute approximate surface area is 184 Å². The van der Waals surface area contributed by atoms with E-state index in [0.717, 1.165) is 17.7 Å². The molecular weight excluding hydrogens is 498 g/mol. The van der Waals surface area contributed by atoms with Gasteiger partial charge in [-0.25, -0.2) is 4.79 Å². The van der Waals surface area contributed by atoms with Crippen LogP contribution in [-0.4, -0.2) is 32.6 Å². The number of rotatable bonds is 6. The van der Waals surface area contributed by atoms with Gasteiger partial charge in [-0.05, 0) is 41.8 Å². The summed E-state index contributed by atoms with van der Waals surface area (Å²) < 4.78 is 42.4. The molecule has 2 aromatic carbocycles. The summed E-state index contributed by atoms with van der Waals surface area (Å²) >= 11 is 0. The summed E-state index contributed by atoms with van der Waals surface area (Å²) in [6, 6.07) is 12.1. The van der Waals surface area contributed by atoms with Crippen LogP contribution in [0.15, 0.2) is 53.5 Å². The Kier molecular flexibility index (Phi) is 9.93. The number of hydrogen-bond donors (Lipinski definition) is 2. The van der Waals surface area contributed by atoms with Gasteiger partial charge in [0, 0.05) is 20.1 Å². The van der Waals surface area contributed by atoms with Gasteiger partial charge in [-0.1, -0.05) is 24.3 Å². The second kappa shape index (κ2) is 11.6. The fourth-order valence-electron chi connectivity index (χ4n) is 2.47. The summed E-state index contributed by atoms with van der Waals surface area (Å²) in [5.74, 6) is 0.170. The molecule has 9 heteroatoms. The van der Waals surface area contributed by atoms with E-state index in [1.807, 2.05) is 12.1 Å². The maximum Gasteiger partial charge on any atom is 0.416 e. The number of esters is 1. The molecule has 0 bridgehead atoms. The molecule has 29 heavy (non-hydrogen) atoms. The van der Waals surface area contributed by atoms with Gasteiger partial charge in [-0.15, -0.1) is 24.0 Å². The summed E-state index contributed by atoms with van der Waals surface area (Å²) in [5, 5.41) is 6.20. The van der Waals surface area contributed by atoms with Gasteiger partial charge in [0.15, 0.2) is 5.96 Å². The standard InChI is InChI=1S/C20H22F3N3O2.HI/c1-24-19(26-13-15-5-9-17(10-6-15)20(21,22)23)25-12-11-14-3-7-16(8-4-14)18(27)28-2;/h3-10H,11-13H2,1-2H3,(H2,24,25,26);1H. The van der Waals surface area contributed by atoms with Crippen LogP contribution < -0.4 is 10.6 Å². The molecule has 5 nitrogen and oxygen atoms in total. The normalized spacial score (nSPS) is 11.4. The molecule has 0 unspecified atom stereocenters. The Balaban J connectivity index is 0.00000420. The SMILES string of the molecule is CN=C(NCCc1ccc(C(=O)OC)cc1)NCc1ccc(C(F)(F)F)cc1.I. The van der Waals surface area contributed by atoms with Crippen molar-refractivity contribution in [2.24, 2.45) is 4.99 Å². The lowest BCUT2D eigenvalue weighted by Gasteiger charge is -2.13. The molecule has 0 spiro atoms. The predicted octanol–water partition coefficient (Wildman–Crippen LogP) is 4.02. The molecule has 2 aromatic rings. The molecule has 0 heterocycles. The van der Waals surface area contributed by atoms with Crippen LogP contribution in [0.2, 0.25) is 0 Å². The molecule has 2 rings (SSSR count). The zero-order chi connectivity index (χ0) is 20.6. The minimum Gasteiger partial charge on any atom is -0.465 e. The largest absolute Gasteiger partial charge is 0.465 e. The highest BCUT2D eigenvalue weighted by Crippen LogP contribution is 2.29. The van der Waals surface area contributed by atoms with Gasteiger partial charge in [-0.2, -0.15) is 13.2 Å². The van der Waals surface area contributed by atoms with Crippen molar-refractivity contribution in [2.45, 2.75) is 19.1 Å². The minimum atomic E-state index is -4.33. The van der Waals surface area contributed by atoms with E-state index >= 15 is 0 Å². The molecule has 0 saturated heterocycles. The number of ether oxygens (including phenoxy) is 1. The molecule has 0 amide bonds. The number of aliphatic imine (C=N–C) groups is 1. The van der Waals surface area contributed by atoms with Gasteiger partial charge >= 0.3 is 12.1 Å². The molecule has 0 aliphatic heterocycles. The first kappa shape index (κ1) is 24.7. The number of carbonyl (C=O) groups is 1. The molecule has 0 aliphatic rings.